The van der Waals surface area contributed by atoms with Crippen LogP contribution in [0.25, 0.3) is 0 Å². The molecule has 0 saturated heterocycles. The average molecular weight is 268 g/mol. The Hall–Kier alpha value is -1.22. The number of benzene rings is 1. The molecule has 0 radical (unpaired) electrons. The molecule has 0 aromatic heterocycles. The van der Waals surface area contributed by atoms with Crippen molar-refractivity contribution < 1.29 is 9.53 Å². The number of hydrogen-bond acceptors (Lipinski definition) is 2. The third kappa shape index (κ3) is 3.16. The third-order valence-electron chi connectivity index (χ3n) is 3.17. The van der Waals surface area contributed by atoms with Crippen molar-refractivity contribution in [2.75, 3.05) is 12.4 Å². The lowest BCUT2D eigenvalue weighted by Gasteiger charge is -2.14. The number of ether oxygens (including phenoxy) is 1. The Kier molecular flexibility index (Phi) is 4.48. The van der Waals surface area contributed by atoms with Crippen LogP contribution in [0.3, 0.4) is 0 Å². The van der Waals surface area contributed by atoms with Crippen molar-refractivity contribution >= 4 is 17.5 Å². The Morgan fingerprint density at radius 1 is 1.56 bits per heavy atom. The van der Waals surface area contributed by atoms with Gasteiger partial charge >= 0.3 is 0 Å². The van der Waals surface area contributed by atoms with E-state index >= 15 is 0 Å². The second-order valence-electron chi connectivity index (χ2n) is 4.75. The van der Waals surface area contributed by atoms with Gasteiger partial charge in [0.05, 0.1) is 0 Å². The first-order chi connectivity index (χ1) is 8.70. The highest BCUT2D eigenvalue weighted by Gasteiger charge is 2.28. The number of carbonyl (C=O) groups excluding carboxylic acids is 1. The van der Waals surface area contributed by atoms with Crippen molar-refractivity contribution in [3.05, 3.63) is 29.8 Å². The summed E-state index contributed by atoms with van der Waals surface area (Å²) in [4.78, 5) is 12.0. The summed E-state index contributed by atoms with van der Waals surface area (Å²) < 4.78 is 5.62. The maximum atomic E-state index is 12.0. The monoisotopic (exact) mass is 267 g/mol. The molecule has 0 bridgehead atoms. The van der Waals surface area contributed by atoms with Gasteiger partial charge in [0.25, 0.3) is 5.91 Å². The van der Waals surface area contributed by atoms with Crippen molar-refractivity contribution in [1.29, 1.82) is 0 Å². The lowest BCUT2D eigenvalue weighted by atomic mass is 10.1. The number of rotatable bonds is 5. The maximum absolute atomic E-state index is 12.0. The molecule has 1 amide bonds. The molecule has 0 fully saturated rings. The fourth-order valence-corrected chi connectivity index (χ4v) is 2.38. The minimum atomic E-state index is -0.384. The van der Waals surface area contributed by atoms with Crippen LogP contribution in [0.15, 0.2) is 24.3 Å². The Morgan fingerprint density at radius 2 is 2.33 bits per heavy atom. The maximum Gasteiger partial charge on any atom is 0.261 e. The highest BCUT2D eigenvalue weighted by Crippen LogP contribution is 2.28. The number of para-hydroxylation sites is 1. The molecule has 1 aliphatic rings. The van der Waals surface area contributed by atoms with Gasteiger partial charge in [0, 0.05) is 18.8 Å². The highest BCUT2D eigenvalue weighted by atomic mass is 35.5. The molecule has 1 aromatic rings. The smallest absolute Gasteiger partial charge is 0.261 e. The lowest BCUT2D eigenvalue weighted by Crippen LogP contribution is -2.39. The molecule has 2 rings (SSSR count). The first kappa shape index (κ1) is 13.2. The van der Waals surface area contributed by atoms with Crippen molar-refractivity contribution in [3.63, 3.8) is 0 Å². The second-order valence-corrected chi connectivity index (χ2v) is 5.12. The van der Waals surface area contributed by atoms with E-state index in [1.54, 1.807) is 0 Å². The van der Waals surface area contributed by atoms with Crippen LogP contribution < -0.4 is 10.1 Å². The van der Waals surface area contributed by atoms with Gasteiger partial charge in [-0.25, -0.2) is 0 Å². The van der Waals surface area contributed by atoms with E-state index < -0.39 is 0 Å². The van der Waals surface area contributed by atoms with Crippen LogP contribution in [0.5, 0.6) is 5.75 Å². The molecule has 1 aromatic carbocycles. The molecule has 0 spiro atoms. The van der Waals surface area contributed by atoms with Gasteiger partial charge in [-0.05, 0) is 24.0 Å². The molecule has 1 heterocycles. The molecule has 4 heteroatoms. The second kappa shape index (κ2) is 6.10. The van der Waals surface area contributed by atoms with Gasteiger partial charge in [-0.3, -0.25) is 4.79 Å². The minimum Gasteiger partial charge on any atom is -0.480 e. The van der Waals surface area contributed by atoms with Gasteiger partial charge in [-0.1, -0.05) is 25.1 Å². The molecule has 2 unspecified atom stereocenters. The summed E-state index contributed by atoms with van der Waals surface area (Å²) in [7, 11) is 0. The van der Waals surface area contributed by atoms with Crippen molar-refractivity contribution in [1.82, 2.24) is 5.32 Å². The molecular weight excluding hydrogens is 250 g/mol. The van der Waals surface area contributed by atoms with E-state index in [0.717, 1.165) is 17.7 Å². The van der Waals surface area contributed by atoms with E-state index in [-0.39, 0.29) is 12.0 Å². The Labute approximate surface area is 112 Å². The van der Waals surface area contributed by atoms with E-state index in [0.29, 0.717) is 24.8 Å². The summed E-state index contributed by atoms with van der Waals surface area (Å²) in [6, 6.07) is 7.78. The minimum absolute atomic E-state index is 0.0346. The van der Waals surface area contributed by atoms with Crippen LogP contribution in [-0.4, -0.2) is 24.4 Å². The van der Waals surface area contributed by atoms with Crippen LogP contribution in [0, 0.1) is 5.92 Å². The number of halogens is 1. The summed E-state index contributed by atoms with van der Waals surface area (Å²) >= 11 is 5.66. The van der Waals surface area contributed by atoms with Gasteiger partial charge in [0.1, 0.15) is 5.75 Å². The molecule has 0 saturated carbocycles. The number of hydrogen-bond donors (Lipinski definition) is 1. The third-order valence-corrected chi connectivity index (χ3v) is 3.38. The van der Waals surface area contributed by atoms with Gasteiger partial charge in [0.2, 0.25) is 0 Å². The summed E-state index contributed by atoms with van der Waals surface area (Å²) in [5.74, 6) is 1.82. The van der Waals surface area contributed by atoms with Crippen LogP contribution >= 0.6 is 11.6 Å². The van der Waals surface area contributed by atoms with Crippen molar-refractivity contribution in [3.8, 4) is 5.75 Å². The van der Waals surface area contributed by atoms with E-state index in [2.05, 4.69) is 12.2 Å². The molecule has 98 valence electrons. The SMILES string of the molecule is CC(CCCl)CNC(=O)C1Cc2ccccc2O1. The molecule has 3 nitrogen and oxygen atoms in total. The van der Waals surface area contributed by atoms with Gasteiger partial charge in [-0.2, -0.15) is 0 Å². The molecule has 18 heavy (non-hydrogen) atoms. The largest absolute Gasteiger partial charge is 0.480 e. The Bertz CT molecular complexity index is 397. The highest BCUT2D eigenvalue weighted by molar-refractivity contribution is 6.17. The summed E-state index contributed by atoms with van der Waals surface area (Å²) in [6.07, 6.45) is 1.19. The Balaban J connectivity index is 1.82. The zero-order valence-electron chi connectivity index (χ0n) is 10.5. The summed E-state index contributed by atoms with van der Waals surface area (Å²) in [5, 5.41) is 2.92. The first-order valence-corrected chi connectivity index (χ1v) is 6.82. The normalized spacial score (nSPS) is 18.9. The average Bonchev–Trinajstić information content (AvgIpc) is 2.80. The van der Waals surface area contributed by atoms with E-state index in [1.165, 1.54) is 0 Å². The van der Waals surface area contributed by atoms with Crippen LogP contribution in [0.1, 0.15) is 18.9 Å². The molecule has 2 atom stereocenters. The fraction of sp³-hybridized carbons (Fsp3) is 0.500. The summed E-state index contributed by atoms with van der Waals surface area (Å²) in [6.45, 7) is 2.73. The van der Waals surface area contributed by atoms with E-state index in [4.69, 9.17) is 16.3 Å². The van der Waals surface area contributed by atoms with Crippen molar-refractivity contribution in [2.45, 2.75) is 25.9 Å². The number of amides is 1. The summed E-state index contributed by atoms with van der Waals surface area (Å²) in [5.41, 5.74) is 1.10. The quantitative estimate of drug-likeness (QED) is 0.832. The molecule has 1 N–H and O–H groups in total. The van der Waals surface area contributed by atoms with Crippen molar-refractivity contribution in [2.24, 2.45) is 5.92 Å². The molecule has 0 aliphatic carbocycles. The number of nitrogens with one attached hydrogen (secondary N) is 1. The van der Waals surface area contributed by atoms with Crippen LogP contribution in [0.4, 0.5) is 0 Å². The van der Waals surface area contributed by atoms with Gasteiger partial charge in [0.15, 0.2) is 6.10 Å². The molecule has 1 aliphatic heterocycles. The molecular formula is C14H18ClNO2. The predicted molar refractivity (Wildman–Crippen MR) is 72.1 cm³/mol. The topological polar surface area (TPSA) is 38.3 Å². The fourth-order valence-electron chi connectivity index (χ4n) is 2.01. The standard InChI is InChI=1S/C14H18ClNO2/c1-10(6-7-15)9-16-14(17)13-8-11-4-2-3-5-12(11)18-13/h2-5,10,13H,6-9H2,1H3,(H,16,17). The zero-order valence-corrected chi connectivity index (χ0v) is 11.2. The zero-order chi connectivity index (χ0) is 13.0. The number of fused-ring (bicyclic) bond motifs is 1. The Morgan fingerprint density at radius 3 is 3.06 bits per heavy atom. The van der Waals surface area contributed by atoms with Crippen LogP contribution in [-0.2, 0) is 11.2 Å². The number of carbonyl (C=O) groups is 1. The number of alkyl halides is 1. The first-order valence-electron chi connectivity index (χ1n) is 6.29. The predicted octanol–water partition coefficient (Wildman–Crippen LogP) is 2.37. The lowest BCUT2D eigenvalue weighted by molar-refractivity contribution is -0.127. The van der Waals surface area contributed by atoms with Crippen LogP contribution in [0.2, 0.25) is 0 Å². The van der Waals surface area contributed by atoms with Gasteiger partial charge in [-0.15, -0.1) is 11.6 Å². The van der Waals surface area contributed by atoms with E-state index in [9.17, 15) is 4.79 Å². The van der Waals surface area contributed by atoms with E-state index in [1.807, 2.05) is 24.3 Å². The van der Waals surface area contributed by atoms with Gasteiger partial charge < -0.3 is 10.1 Å².